The minimum absolute atomic E-state index is 0.0805. The molecule has 1 aliphatic heterocycles. The maximum absolute atomic E-state index is 10.1. The third-order valence-electron chi connectivity index (χ3n) is 3.59. The molecule has 1 fully saturated rings. The van der Waals surface area contributed by atoms with E-state index in [-0.39, 0.29) is 18.8 Å². The molecule has 1 aliphatic rings. The molecule has 0 aromatic carbocycles. The molecule has 4 heteroatoms. The van der Waals surface area contributed by atoms with E-state index in [1.54, 1.807) is 6.92 Å². The standard InChI is InChI=1S/C14H28O4/c1-3-14(16,11-15)8-7-12(2)10-18-13-6-4-5-9-17-13/h12-13,15-16H,3-11H2,1-2H3/t12-,13?,14-/m1/s1/i3D/t3-,12+,13?,14+/m0. The summed E-state index contributed by atoms with van der Waals surface area (Å²) in [7, 11) is 0. The van der Waals surface area contributed by atoms with Crippen LogP contribution < -0.4 is 0 Å². The molecule has 0 saturated carbocycles. The summed E-state index contributed by atoms with van der Waals surface area (Å²) < 4.78 is 18.8. The van der Waals surface area contributed by atoms with Gasteiger partial charge in [0, 0.05) is 7.98 Å². The predicted molar refractivity (Wildman–Crippen MR) is 70.3 cm³/mol. The lowest BCUT2D eigenvalue weighted by atomic mass is 9.92. The molecular formula is C14H28O4. The molecule has 0 aromatic rings. The largest absolute Gasteiger partial charge is 0.393 e. The van der Waals surface area contributed by atoms with E-state index >= 15 is 0 Å². The van der Waals surface area contributed by atoms with Crippen LogP contribution in [-0.2, 0) is 9.47 Å². The number of aliphatic hydroxyl groups excluding tert-OH is 1. The first-order chi connectivity index (χ1) is 8.98. The smallest absolute Gasteiger partial charge is 0.157 e. The van der Waals surface area contributed by atoms with Gasteiger partial charge in [0.1, 0.15) is 0 Å². The molecule has 1 unspecified atom stereocenters. The Morgan fingerprint density at radius 1 is 1.56 bits per heavy atom. The van der Waals surface area contributed by atoms with E-state index in [2.05, 4.69) is 6.92 Å². The summed E-state index contributed by atoms with van der Waals surface area (Å²) >= 11 is 0. The molecular weight excluding hydrogens is 232 g/mol. The van der Waals surface area contributed by atoms with E-state index in [1.807, 2.05) is 0 Å². The van der Waals surface area contributed by atoms with Gasteiger partial charge in [-0.1, -0.05) is 13.8 Å². The highest BCUT2D eigenvalue weighted by Crippen LogP contribution is 2.21. The van der Waals surface area contributed by atoms with Crippen LogP contribution in [0.3, 0.4) is 0 Å². The molecule has 18 heavy (non-hydrogen) atoms. The molecule has 4 atom stereocenters. The van der Waals surface area contributed by atoms with Crippen molar-refractivity contribution in [1.82, 2.24) is 0 Å². The van der Waals surface area contributed by atoms with Gasteiger partial charge in [-0.05, 0) is 44.4 Å². The Morgan fingerprint density at radius 2 is 2.33 bits per heavy atom. The molecule has 1 heterocycles. The van der Waals surface area contributed by atoms with E-state index in [1.165, 1.54) is 0 Å². The van der Waals surface area contributed by atoms with Gasteiger partial charge in [-0.25, -0.2) is 0 Å². The second-order valence-corrected chi connectivity index (χ2v) is 5.32. The van der Waals surface area contributed by atoms with Gasteiger partial charge in [-0.15, -0.1) is 0 Å². The van der Waals surface area contributed by atoms with Gasteiger partial charge in [0.05, 0.1) is 18.8 Å². The van der Waals surface area contributed by atoms with Gasteiger partial charge in [0.25, 0.3) is 0 Å². The predicted octanol–water partition coefficient (Wildman–Crippen LogP) is 2.08. The number of hydrogen-bond acceptors (Lipinski definition) is 4. The summed E-state index contributed by atoms with van der Waals surface area (Å²) in [5.41, 5.74) is -1.30. The van der Waals surface area contributed by atoms with Crippen molar-refractivity contribution in [3.63, 3.8) is 0 Å². The lowest BCUT2D eigenvalue weighted by Crippen LogP contribution is -2.33. The van der Waals surface area contributed by atoms with Gasteiger partial charge in [0.2, 0.25) is 0 Å². The van der Waals surface area contributed by atoms with E-state index < -0.39 is 12.0 Å². The SMILES string of the molecule is [2H][C@@H](C)[C@](O)(CO)CC[C@@H](C)COC1CCCCO1. The van der Waals surface area contributed by atoms with E-state index in [4.69, 9.17) is 10.8 Å². The van der Waals surface area contributed by atoms with Crippen LogP contribution in [0.5, 0.6) is 0 Å². The minimum Gasteiger partial charge on any atom is -0.393 e. The first-order valence-electron chi connectivity index (χ1n) is 7.54. The first-order valence-corrected chi connectivity index (χ1v) is 6.96. The van der Waals surface area contributed by atoms with Gasteiger partial charge in [0.15, 0.2) is 6.29 Å². The van der Waals surface area contributed by atoms with Gasteiger partial charge < -0.3 is 19.7 Å². The number of ether oxygens (including phenoxy) is 2. The van der Waals surface area contributed by atoms with Gasteiger partial charge in [-0.2, -0.15) is 0 Å². The average molecular weight is 261 g/mol. The van der Waals surface area contributed by atoms with E-state index in [0.717, 1.165) is 32.3 Å². The quantitative estimate of drug-likeness (QED) is 0.702. The molecule has 2 N–H and O–H groups in total. The highest BCUT2D eigenvalue weighted by molar-refractivity contribution is 4.76. The zero-order chi connectivity index (χ0) is 14.3. The molecule has 108 valence electrons. The Labute approximate surface area is 112 Å². The Hall–Kier alpha value is -0.160. The Kier molecular flexibility index (Phi) is 6.41. The second kappa shape index (κ2) is 8.10. The molecule has 1 saturated heterocycles. The molecule has 0 amide bonds. The van der Waals surface area contributed by atoms with Crippen molar-refractivity contribution in [2.24, 2.45) is 5.92 Å². The van der Waals surface area contributed by atoms with Gasteiger partial charge >= 0.3 is 0 Å². The van der Waals surface area contributed by atoms with Crippen LogP contribution in [0.4, 0.5) is 0 Å². The lowest BCUT2D eigenvalue weighted by molar-refractivity contribution is -0.169. The van der Waals surface area contributed by atoms with Crippen molar-refractivity contribution in [3.05, 3.63) is 0 Å². The van der Waals surface area contributed by atoms with Crippen molar-refractivity contribution in [1.29, 1.82) is 0 Å². The number of aliphatic hydroxyl groups is 2. The first kappa shape index (κ1) is 14.3. The summed E-state index contributed by atoms with van der Waals surface area (Å²) in [6, 6.07) is 0. The molecule has 4 nitrogen and oxygen atoms in total. The van der Waals surface area contributed by atoms with Crippen LogP contribution in [0.1, 0.15) is 53.7 Å². The number of hydrogen-bond donors (Lipinski definition) is 2. The van der Waals surface area contributed by atoms with Crippen molar-refractivity contribution < 1.29 is 21.1 Å². The van der Waals surface area contributed by atoms with Gasteiger partial charge in [-0.3, -0.25) is 0 Å². The zero-order valence-electron chi connectivity index (χ0n) is 12.6. The number of rotatable bonds is 8. The molecule has 0 aromatic heterocycles. The Balaban J connectivity index is 2.21. The van der Waals surface area contributed by atoms with Crippen LogP contribution in [0, 0.1) is 5.92 Å². The van der Waals surface area contributed by atoms with Crippen molar-refractivity contribution >= 4 is 0 Å². The van der Waals surface area contributed by atoms with Crippen LogP contribution >= 0.6 is 0 Å². The van der Waals surface area contributed by atoms with Crippen molar-refractivity contribution in [3.8, 4) is 0 Å². The van der Waals surface area contributed by atoms with Crippen LogP contribution in [0.15, 0.2) is 0 Å². The molecule has 0 aliphatic carbocycles. The fraction of sp³-hybridized carbons (Fsp3) is 1.00. The fourth-order valence-corrected chi connectivity index (χ4v) is 2.01. The summed E-state index contributed by atoms with van der Waals surface area (Å²) in [6.45, 7) is 4.66. The maximum Gasteiger partial charge on any atom is 0.157 e. The maximum atomic E-state index is 10.1. The molecule has 0 bridgehead atoms. The second-order valence-electron chi connectivity index (χ2n) is 5.32. The summed E-state index contributed by atoms with van der Waals surface area (Å²) in [6.07, 6.45) is 3.60. The lowest BCUT2D eigenvalue weighted by Gasteiger charge is -2.27. The summed E-state index contributed by atoms with van der Waals surface area (Å²) in [5.74, 6) is 0.280. The third-order valence-corrected chi connectivity index (χ3v) is 3.59. The van der Waals surface area contributed by atoms with Crippen molar-refractivity contribution in [2.45, 2.75) is 64.2 Å². The average Bonchev–Trinajstić information content (AvgIpc) is 2.43. The minimum atomic E-state index is -1.30. The van der Waals surface area contributed by atoms with E-state index in [0.29, 0.717) is 13.0 Å². The molecule has 0 radical (unpaired) electrons. The monoisotopic (exact) mass is 261 g/mol. The Bertz CT molecular complexity index is 244. The Morgan fingerprint density at radius 3 is 2.89 bits per heavy atom. The molecule has 1 rings (SSSR count). The van der Waals surface area contributed by atoms with Crippen LogP contribution in [0.2, 0.25) is 0 Å². The molecule has 0 spiro atoms. The van der Waals surface area contributed by atoms with E-state index in [9.17, 15) is 10.2 Å². The van der Waals surface area contributed by atoms with Crippen LogP contribution in [-0.4, -0.2) is 41.9 Å². The topological polar surface area (TPSA) is 58.9 Å². The summed E-state index contributed by atoms with van der Waals surface area (Å²) in [4.78, 5) is 0. The highest BCUT2D eigenvalue weighted by atomic mass is 16.7. The van der Waals surface area contributed by atoms with Crippen LogP contribution in [0.25, 0.3) is 0 Å². The normalized spacial score (nSPS) is 28.2. The van der Waals surface area contributed by atoms with Crippen molar-refractivity contribution in [2.75, 3.05) is 19.8 Å². The zero-order valence-corrected chi connectivity index (χ0v) is 11.6. The summed E-state index contributed by atoms with van der Waals surface area (Å²) in [5, 5.41) is 19.2. The fourth-order valence-electron chi connectivity index (χ4n) is 2.01. The highest BCUT2D eigenvalue weighted by Gasteiger charge is 2.24. The third kappa shape index (κ3) is 5.65.